The fourth-order valence-corrected chi connectivity index (χ4v) is 3.67. The summed E-state index contributed by atoms with van der Waals surface area (Å²) in [5.74, 6) is -0.932. The fraction of sp³-hybridized carbons (Fsp3) is 0.200. The van der Waals surface area contributed by atoms with E-state index in [0.717, 1.165) is 25.0 Å². The van der Waals surface area contributed by atoms with Crippen molar-refractivity contribution in [2.45, 2.75) is 6.92 Å². The van der Waals surface area contributed by atoms with Crippen LogP contribution in [0.2, 0.25) is 5.02 Å². The van der Waals surface area contributed by atoms with Gasteiger partial charge in [-0.25, -0.2) is 14.4 Å². The summed E-state index contributed by atoms with van der Waals surface area (Å²) in [4.78, 5) is 27.9. The van der Waals surface area contributed by atoms with Gasteiger partial charge in [-0.3, -0.25) is 9.78 Å². The van der Waals surface area contributed by atoms with Crippen LogP contribution in [0.25, 0.3) is 22.3 Å². The Morgan fingerprint density at radius 1 is 1.08 bits per heavy atom. The van der Waals surface area contributed by atoms with Crippen molar-refractivity contribution in [2.75, 3.05) is 37.8 Å². The highest BCUT2D eigenvalue weighted by Gasteiger charge is 2.17. The third kappa shape index (κ3) is 7.55. The molecule has 0 saturated heterocycles. The first-order valence-corrected chi connectivity index (χ1v) is 11.2. The molecule has 0 aliphatic carbocycles. The van der Waals surface area contributed by atoms with E-state index in [-0.39, 0.29) is 48.0 Å². The van der Waals surface area contributed by atoms with Crippen molar-refractivity contribution in [2.24, 2.45) is 0 Å². The minimum Gasteiger partial charge on any atom is -0.504 e. The van der Waals surface area contributed by atoms with E-state index in [2.05, 4.69) is 30.5 Å². The number of pyridine rings is 3. The van der Waals surface area contributed by atoms with Crippen molar-refractivity contribution in [1.29, 1.82) is 0 Å². The molecule has 0 aliphatic rings. The first-order valence-electron chi connectivity index (χ1n) is 10.8. The molecule has 4 rings (SSSR count). The lowest BCUT2D eigenvalue weighted by Crippen LogP contribution is -2.21. The van der Waals surface area contributed by atoms with Crippen LogP contribution in [0.15, 0.2) is 48.8 Å². The van der Waals surface area contributed by atoms with Gasteiger partial charge < -0.3 is 20.6 Å². The highest BCUT2D eigenvalue weighted by Crippen LogP contribution is 2.34. The molecule has 204 valence electrons. The zero-order chi connectivity index (χ0) is 25.1. The van der Waals surface area contributed by atoms with Crippen LogP contribution < -0.4 is 10.6 Å². The number of carbonyl (C=O) groups is 1. The Morgan fingerprint density at radius 3 is 2.42 bits per heavy atom. The number of aromatic hydroxyl groups is 1. The van der Waals surface area contributed by atoms with E-state index in [1.165, 1.54) is 19.2 Å². The lowest BCUT2D eigenvalue weighted by molar-refractivity contribution is 0.101. The van der Waals surface area contributed by atoms with Gasteiger partial charge in [0.05, 0.1) is 39.4 Å². The minimum atomic E-state index is -0.853. The van der Waals surface area contributed by atoms with Crippen LogP contribution in [-0.4, -0.2) is 57.9 Å². The number of phenols is 1. The number of anilines is 3. The average Bonchev–Trinajstić information content (AvgIpc) is 2.82. The molecule has 3 heterocycles. The van der Waals surface area contributed by atoms with E-state index in [4.69, 9.17) is 11.6 Å². The maximum absolute atomic E-state index is 14.1. The van der Waals surface area contributed by atoms with Crippen molar-refractivity contribution < 1.29 is 14.3 Å². The highest BCUT2D eigenvalue weighted by molar-refractivity contribution is 6.32. The molecule has 3 N–H and O–H groups in total. The molecule has 0 bridgehead atoms. The lowest BCUT2D eigenvalue weighted by atomic mass is 10.1. The van der Waals surface area contributed by atoms with E-state index >= 15 is 0 Å². The standard InChI is InChI=1S/C25H24ClFN6O2.3ClH/c1-14(34)17-13-29-21-6-5-20(15-10-18(26)25(35)19(27)11-15)32-24(21)23(17)31-16-4-7-22(30-12-16)28-8-9-33(2)3;;;/h4-7,10-13,35H,8-9H2,1-3H3,(H,28,30)(H,29,31);3*1H. The van der Waals surface area contributed by atoms with Gasteiger partial charge in [0, 0.05) is 24.8 Å². The predicted octanol–water partition coefficient (Wildman–Crippen LogP) is 6.38. The Kier molecular flexibility index (Phi) is 12.4. The average molecular weight is 604 g/mol. The maximum Gasteiger partial charge on any atom is 0.170 e. The number of nitrogens with zero attached hydrogens (tertiary/aromatic N) is 4. The predicted molar refractivity (Wildman–Crippen MR) is 158 cm³/mol. The molecule has 4 aromatic rings. The summed E-state index contributed by atoms with van der Waals surface area (Å²) in [6, 6.07) is 9.66. The number of Topliss-reactive ketones (excluding diaryl/α,β-unsaturated/α-hetero) is 1. The van der Waals surface area contributed by atoms with Gasteiger partial charge in [-0.15, -0.1) is 37.2 Å². The molecular weight excluding hydrogens is 577 g/mol. The van der Waals surface area contributed by atoms with Gasteiger partial charge in [-0.2, -0.15) is 0 Å². The molecule has 0 unspecified atom stereocenters. The number of fused-ring (bicyclic) bond motifs is 1. The van der Waals surface area contributed by atoms with E-state index < -0.39 is 11.6 Å². The van der Waals surface area contributed by atoms with Crippen molar-refractivity contribution in [1.82, 2.24) is 19.9 Å². The maximum atomic E-state index is 14.1. The molecule has 0 atom stereocenters. The van der Waals surface area contributed by atoms with Gasteiger partial charge in [-0.1, -0.05) is 11.6 Å². The molecule has 13 heteroatoms. The Labute approximate surface area is 243 Å². The summed E-state index contributed by atoms with van der Waals surface area (Å²) in [6.45, 7) is 3.07. The number of halogens is 5. The van der Waals surface area contributed by atoms with Crippen LogP contribution in [0.5, 0.6) is 5.75 Å². The number of aromatic nitrogens is 3. The molecule has 1 aromatic carbocycles. The second-order valence-corrected chi connectivity index (χ2v) is 8.65. The summed E-state index contributed by atoms with van der Waals surface area (Å²) in [7, 11) is 4.00. The van der Waals surface area contributed by atoms with Crippen molar-refractivity contribution in [3.63, 3.8) is 0 Å². The summed E-state index contributed by atoms with van der Waals surface area (Å²) in [6.07, 6.45) is 3.16. The molecule has 0 saturated carbocycles. The Balaban J connectivity index is 0.00000241. The van der Waals surface area contributed by atoms with Gasteiger partial charge in [-0.05, 0) is 57.4 Å². The zero-order valence-corrected chi connectivity index (χ0v) is 23.9. The van der Waals surface area contributed by atoms with Gasteiger partial charge >= 0.3 is 0 Å². The number of benzene rings is 1. The number of rotatable bonds is 8. The molecule has 3 aromatic heterocycles. The Hall–Kier alpha value is -2.95. The third-order valence-corrected chi connectivity index (χ3v) is 5.59. The Morgan fingerprint density at radius 2 is 1.82 bits per heavy atom. The number of carbonyl (C=O) groups excluding carboxylic acids is 1. The number of ketones is 1. The molecule has 38 heavy (non-hydrogen) atoms. The second-order valence-electron chi connectivity index (χ2n) is 8.24. The van der Waals surface area contributed by atoms with Crippen LogP contribution in [0.3, 0.4) is 0 Å². The van der Waals surface area contributed by atoms with E-state index in [1.807, 2.05) is 26.2 Å². The number of nitrogens with one attached hydrogen (secondary N) is 2. The first kappa shape index (κ1) is 33.1. The van der Waals surface area contributed by atoms with Gasteiger partial charge in [0.25, 0.3) is 0 Å². The fourth-order valence-electron chi connectivity index (χ4n) is 3.46. The van der Waals surface area contributed by atoms with Crippen LogP contribution in [0.1, 0.15) is 17.3 Å². The monoisotopic (exact) mass is 602 g/mol. The summed E-state index contributed by atoms with van der Waals surface area (Å²) >= 11 is 5.95. The largest absolute Gasteiger partial charge is 0.504 e. The van der Waals surface area contributed by atoms with E-state index in [1.54, 1.807) is 18.3 Å². The molecule has 0 fully saturated rings. The van der Waals surface area contributed by atoms with Crippen LogP contribution in [0, 0.1) is 5.82 Å². The molecule has 0 amide bonds. The third-order valence-electron chi connectivity index (χ3n) is 5.30. The number of hydrogen-bond donors (Lipinski definition) is 3. The van der Waals surface area contributed by atoms with Crippen molar-refractivity contribution in [3.8, 4) is 17.0 Å². The van der Waals surface area contributed by atoms with Gasteiger partial charge in [0.15, 0.2) is 17.3 Å². The first-order chi connectivity index (χ1) is 16.7. The second kappa shape index (κ2) is 14.3. The lowest BCUT2D eigenvalue weighted by Gasteiger charge is -2.14. The quantitative estimate of drug-likeness (QED) is 0.199. The van der Waals surface area contributed by atoms with Gasteiger partial charge in [0.1, 0.15) is 11.3 Å². The number of hydrogen-bond acceptors (Lipinski definition) is 8. The highest BCUT2D eigenvalue weighted by atomic mass is 35.5. The van der Waals surface area contributed by atoms with E-state index in [9.17, 15) is 14.3 Å². The Bertz CT molecular complexity index is 1380. The molecule has 0 spiro atoms. The molecule has 8 nitrogen and oxygen atoms in total. The summed E-state index contributed by atoms with van der Waals surface area (Å²) in [5, 5.41) is 16.0. The van der Waals surface area contributed by atoms with Crippen molar-refractivity contribution in [3.05, 3.63) is 65.2 Å². The smallest absolute Gasteiger partial charge is 0.170 e. The molecule has 0 aliphatic heterocycles. The topological polar surface area (TPSA) is 103 Å². The molecule has 0 radical (unpaired) electrons. The van der Waals surface area contributed by atoms with Gasteiger partial charge in [0.2, 0.25) is 0 Å². The van der Waals surface area contributed by atoms with Crippen LogP contribution >= 0.6 is 48.8 Å². The SMILES string of the molecule is CC(=O)c1cnc2ccc(-c3cc(F)c(O)c(Cl)c3)nc2c1Nc1ccc(NCCN(C)C)nc1.Cl.Cl.Cl. The van der Waals surface area contributed by atoms with Crippen LogP contribution in [0.4, 0.5) is 21.6 Å². The zero-order valence-electron chi connectivity index (χ0n) is 20.7. The molecular formula is C25H27Cl4FN6O2. The summed E-state index contributed by atoms with van der Waals surface area (Å²) in [5.41, 5.74) is 3.22. The van der Waals surface area contributed by atoms with Crippen LogP contribution in [-0.2, 0) is 0 Å². The number of phenolic OH excluding ortho intramolecular Hbond substituents is 1. The minimum absolute atomic E-state index is 0. The number of likely N-dealkylation sites (N-methyl/N-ethyl adjacent to an activating group) is 1. The van der Waals surface area contributed by atoms with E-state index in [0.29, 0.717) is 39.2 Å². The normalized spacial score (nSPS) is 10.3. The summed E-state index contributed by atoms with van der Waals surface area (Å²) < 4.78 is 14.1. The van der Waals surface area contributed by atoms with Crippen molar-refractivity contribution >= 4 is 82.8 Å².